The standard InChI is InChI=1S/C10H16N2O/c1-7-5-8(11)3-4-9(7)10(12)6-13-2/h3-5,10H,6,11-12H2,1-2H3/t10-/m1/s1. The zero-order valence-corrected chi connectivity index (χ0v) is 8.08. The van der Waals surface area contributed by atoms with Gasteiger partial charge in [-0.1, -0.05) is 6.07 Å². The molecular weight excluding hydrogens is 164 g/mol. The molecular formula is C10H16N2O. The molecule has 0 heterocycles. The van der Waals surface area contributed by atoms with Crippen LogP contribution in [0.3, 0.4) is 0 Å². The van der Waals surface area contributed by atoms with Crippen LogP contribution in [0.1, 0.15) is 17.2 Å². The van der Waals surface area contributed by atoms with Crippen molar-refractivity contribution in [2.45, 2.75) is 13.0 Å². The quantitative estimate of drug-likeness (QED) is 0.687. The van der Waals surface area contributed by atoms with Crippen LogP contribution in [0.25, 0.3) is 0 Å². The Labute approximate surface area is 78.7 Å². The number of hydrogen-bond donors (Lipinski definition) is 2. The predicted octanol–water partition coefficient (Wildman–Crippen LogP) is 1.22. The molecule has 0 aromatic heterocycles. The van der Waals surface area contributed by atoms with Crippen molar-refractivity contribution in [3.63, 3.8) is 0 Å². The Morgan fingerprint density at radius 1 is 1.46 bits per heavy atom. The van der Waals surface area contributed by atoms with E-state index in [1.807, 2.05) is 25.1 Å². The second-order valence-corrected chi connectivity index (χ2v) is 3.18. The van der Waals surface area contributed by atoms with E-state index >= 15 is 0 Å². The summed E-state index contributed by atoms with van der Waals surface area (Å²) in [5, 5.41) is 0. The van der Waals surface area contributed by atoms with Crippen molar-refractivity contribution in [3.05, 3.63) is 29.3 Å². The van der Waals surface area contributed by atoms with Crippen LogP contribution >= 0.6 is 0 Å². The van der Waals surface area contributed by atoms with E-state index in [2.05, 4.69) is 0 Å². The summed E-state index contributed by atoms with van der Waals surface area (Å²) in [5.74, 6) is 0. The van der Waals surface area contributed by atoms with Gasteiger partial charge in [0.2, 0.25) is 0 Å². The number of methoxy groups -OCH3 is 1. The third-order valence-corrected chi connectivity index (χ3v) is 2.04. The minimum atomic E-state index is -0.0643. The first-order valence-electron chi connectivity index (χ1n) is 4.25. The monoisotopic (exact) mass is 180 g/mol. The third-order valence-electron chi connectivity index (χ3n) is 2.04. The van der Waals surface area contributed by atoms with E-state index in [0.717, 1.165) is 16.8 Å². The molecule has 0 bridgehead atoms. The van der Waals surface area contributed by atoms with Crippen LogP contribution in [0.5, 0.6) is 0 Å². The number of rotatable bonds is 3. The van der Waals surface area contributed by atoms with E-state index in [-0.39, 0.29) is 6.04 Å². The molecule has 3 nitrogen and oxygen atoms in total. The van der Waals surface area contributed by atoms with Gasteiger partial charge in [0.05, 0.1) is 12.6 Å². The summed E-state index contributed by atoms with van der Waals surface area (Å²) in [5.41, 5.74) is 14.5. The summed E-state index contributed by atoms with van der Waals surface area (Å²) >= 11 is 0. The minimum Gasteiger partial charge on any atom is -0.399 e. The van der Waals surface area contributed by atoms with Crippen LogP contribution in [-0.2, 0) is 4.74 Å². The van der Waals surface area contributed by atoms with Crippen LogP contribution in [0, 0.1) is 6.92 Å². The van der Waals surface area contributed by atoms with Crippen LogP contribution in [0.4, 0.5) is 5.69 Å². The summed E-state index contributed by atoms with van der Waals surface area (Å²) in [4.78, 5) is 0. The van der Waals surface area contributed by atoms with Gasteiger partial charge in [-0.2, -0.15) is 0 Å². The molecule has 1 aromatic rings. The van der Waals surface area contributed by atoms with Gasteiger partial charge < -0.3 is 16.2 Å². The topological polar surface area (TPSA) is 61.3 Å². The number of anilines is 1. The van der Waals surface area contributed by atoms with Crippen LogP contribution in [0.15, 0.2) is 18.2 Å². The highest BCUT2D eigenvalue weighted by Crippen LogP contribution is 2.18. The number of aryl methyl sites for hydroxylation is 1. The molecule has 13 heavy (non-hydrogen) atoms. The molecule has 3 heteroatoms. The summed E-state index contributed by atoms with van der Waals surface area (Å²) in [6.45, 7) is 2.53. The summed E-state index contributed by atoms with van der Waals surface area (Å²) in [6.07, 6.45) is 0. The van der Waals surface area contributed by atoms with Gasteiger partial charge in [-0.3, -0.25) is 0 Å². The van der Waals surface area contributed by atoms with Gasteiger partial charge in [0.25, 0.3) is 0 Å². The van der Waals surface area contributed by atoms with Gasteiger partial charge in [0.15, 0.2) is 0 Å². The molecule has 0 aliphatic carbocycles. The largest absolute Gasteiger partial charge is 0.399 e. The molecule has 0 radical (unpaired) electrons. The lowest BCUT2D eigenvalue weighted by Gasteiger charge is -2.13. The third kappa shape index (κ3) is 2.44. The number of hydrogen-bond acceptors (Lipinski definition) is 3. The molecule has 4 N–H and O–H groups in total. The molecule has 0 aliphatic rings. The summed E-state index contributed by atoms with van der Waals surface area (Å²) in [7, 11) is 1.65. The lowest BCUT2D eigenvalue weighted by molar-refractivity contribution is 0.180. The molecule has 0 saturated heterocycles. The average molecular weight is 180 g/mol. The second kappa shape index (κ2) is 4.25. The maximum atomic E-state index is 5.89. The fraction of sp³-hybridized carbons (Fsp3) is 0.400. The number of benzene rings is 1. The minimum absolute atomic E-state index is 0.0643. The molecule has 72 valence electrons. The molecule has 1 aromatic carbocycles. The van der Waals surface area contributed by atoms with E-state index in [1.165, 1.54) is 0 Å². The van der Waals surface area contributed by atoms with E-state index in [4.69, 9.17) is 16.2 Å². The normalized spacial score (nSPS) is 12.8. The molecule has 0 unspecified atom stereocenters. The maximum Gasteiger partial charge on any atom is 0.0655 e. The van der Waals surface area contributed by atoms with Gasteiger partial charge in [-0.05, 0) is 30.2 Å². The fourth-order valence-electron chi connectivity index (χ4n) is 1.38. The Bertz CT molecular complexity index is 286. The number of nitrogen functional groups attached to an aromatic ring is 1. The molecule has 1 rings (SSSR count). The molecule has 0 aliphatic heterocycles. The highest BCUT2D eigenvalue weighted by atomic mass is 16.5. The van der Waals surface area contributed by atoms with Crippen molar-refractivity contribution in [2.24, 2.45) is 5.73 Å². The molecule has 0 fully saturated rings. The van der Waals surface area contributed by atoms with E-state index in [1.54, 1.807) is 7.11 Å². The fourth-order valence-corrected chi connectivity index (χ4v) is 1.38. The van der Waals surface area contributed by atoms with E-state index < -0.39 is 0 Å². The summed E-state index contributed by atoms with van der Waals surface area (Å²) in [6, 6.07) is 5.67. The first-order chi connectivity index (χ1) is 6.15. The second-order valence-electron chi connectivity index (χ2n) is 3.18. The van der Waals surface area contributed by atoms with Crippen LogP contribution in [0.2, 0.25) is 0 Å². The molecule has 1 atom stereocenters. The first kappa shape index (κ1) is 10.0. The van der Waals surface area contributed by atoms with Gasteiger partial charge in [0.1, 0.15) is 0 Å². The number of ether oxygens (including phenoxy) is 1. The lowest BCUT2D eigenvalue weighted by Crippen LogP contribution is -2.17. The molecule has 0 saturated carbocycles. The van der Waals surface area contributed by atoms with Crippen molar-refractivity contribution in [1.82, 2.24) is 0 Å². The maximum absolute atomic E-state index is 5.89. The highest BCUT2D eigenvalue weighted by molar-refractivity contribution is 5.45. The number of nitrogens with two attached hydrogens (primary N) is 2. The van der Waals surface area contributed by atoms with Gasteiger partial charge in [-0.25, -0.2) is 0 Å². The average Bonchev–Trinajstić information content (AvgIpc) is 2.04. The Balaban J connectivity index is 2.88. The first-order valence-corrected chi connectivity index (χ1v) is 4.25. The lowest BCUT2D eigenvalue weighted by atomic mass is 10.0. The van der Waals surface area contributed by atoms with Crippen molar-refractivity contribution in [1.29, 1.82) is 0 Å². The van der Waals surface area contributed by atoms with Gasteiger partial charge in [-0.15, -0.1) is 0 Å². The van der Waals surface area contributed by atoms with Gasteiger partial charge >= 0.3 is 0 Å². The highest BCUT2D eigenvalue weighted by Gasteiger charge is 2.07. The van der Waals surface area contributed by atoms with E-state index in [9.17, 15) is 0 Å². The SMILES string of the molecule is COC[C@@H](N)c1ccc(N)cc1C. The Morgan fingerprint density at radius 2 is 2.15 bits per heavy atom. The Morgan fingerprint density at radius 3 is 2.69 bits per heavy atom. The Kier molecular flexibility index (Phi) is 3.28. The smallest absolute Gasteiger partial charge is 0.0655 e. The zero-order chi connectivity index (χ0) is 9.84. The zero-order valence-electron chi connectivity index (χ0n) is 8.08. The van der Waals surface area contributed by atoms with E-state index in [0.29, 0.717) is 6.61 Å². The van der Waals surface area contributed by atoms with Crippen LogP contribution < -0.4 is 11.5 Å². The Hall–Kier alpha value is -1.06. The molecule has 0 amide bonds. The van der Waals surface area contributed by atoms with Crippen molar-refractivity contribution in [2.75, 3.05) is 19.5 Å². The molecule has 0 spiro atoms. The van der Waals surface area contributed by atoms with Gasteiger partial charge in [0, 0.05) is 12.8 Å². The van der Waals surface area contributed by atoms with Crippen molar-refractivity contribution < 1.29 is 4.74 Å². The summed E-state index contributed by atoms with van der Waals surface area (Å²) < 4.78 is 4.99. The van der Waals surface area contributed by atoms with Crippen LogP contribution in [-0.4, -0.2) is 13.7 Å². The van der Waals surface area contributed by atoms with Crippen molar-refractivity contribution in [3.8, 4) is 0 Å². The van der Waals surface area contributed by atoms with Crippen molar-refractivity contribution >= 4 is 5.69 Å². The predicted molar refractivity (Wildman–Crippen MR) is 54.4 cm³/mol.